The van der Waals surface area contributed by atoms with Crippen molar-refractivity contribution in [1.29, 1.82) is 0 Å². The first kappa shape index (κ1) is 15.6. The van der Waals surface area contributed by atoms with Crippen LogP contribution in [-0.4, -0.2) is 17.2 Å². The van der Waals surface area contributed by atoms with Gasteiger partial charge in [-0.1, -0.05) is 12.1 Å². The number of nitrogens with zero attached hydrogens (tertiary/aromatic N) is 1. The SMILES string of the molecule is COc1cccc(CNc2ccc3cc(Br)c(F)cc3n2)c1O. The van der Waals surface area contributed by atoms with Crippen molar-refractivity contribution in [3.05, 3.63) is 58.3 Å². The first-order chi connectivity index (χ1) is 11.1. The lowest BCUT2D eigenvalue weighted by atomic mass is 10.2. The zero-order chi connectivity index (χ0) is 16.4. The van der Waals surface area contributed by atoms with Gasteiger partial charge in [0, 0.05) is 23.6 Å². The second-order valence-electron chi connectivity index (χ2n) is 4.98. The minimum Gasteiger partial charge on any atom is -0.504 e. The van der Waals surface area contributed by atoms with Crippen molar-refractivity contribution < 1.29 is 14.2 Å². The van der Waals surface area contributed by atoms with Crippen molar-refractivity contribution in [1.82, 2.24) is 4.98 Å². The van der Waals surface area contributed by atoms with E-state index in [4.69, 9.17) is 4.74 Å². The van der Waals surface area contributed by atoms with E-state index in [0.717, 1.165) is 5.39 Å². The molecule has 0 saturated heterocycles. The van der Waals surface area contributed by atoms with E-state index >= 15 is 0 Å². The lowest BCUT2D eigenvalue weighted by Crippen LogP contribution is -2.02. The van der Waals surface area contributed by atoms with Crippen molar-refractivity contribution in [2.24, 2.45) is 0 Å². The molecule has 0 bridgehead atoms. The molecule has 1 heterocycles. The number of halogens is 2. The van der Waals surface area contributed by atoms with Gasteiger partial charge in [-0.15, -0.1) is 0 Å². The Morgan fingerprint density at radius 1 is 1.26 bits per heavy atom. The van der Waals surface area contributed by atoms with E-state index in [-0.39, 0.29) is 11.6 Å². The van der Waals surface area contributed by atoms with Crippen molar-refractivity contribution in [2.45, 2.75) is 6.54 Å². The van der Waals surface area contributed by atoms with E-state index in [9.17, 15) is 9.50 Å². The van der Waals surface area contributed by atoms with E-state index < -0.39 is 0 Å². The average Bonchev–Trinajstić information content (AvgIpc) is 2.55. The number of methoxy groups -OCH3 is 1. The van der Waals surface area contributed by atoms with Crippen LogP contribution in [0.3, 0.4) is 0 Å². The third kappa shape index (κ3) is 3.22. The molecular weight excluding hydrogens is 363 g/mol. The highest BCUT2D eigenvalue weighted by molar-refractivity contribution is 9.10. The molecule has 3 rings (SSSR count). The van der Waals surface area contributed by atoms with E-state index in [0.29, 0.717) is 33.7 Å². The Balaban J connectivity index is 1.83. The number of para-hydroxylation sites is 1. The number of aromatic hydroxyl groups is 1. The molecule has 0 radical (unpaired) electrons. The number of rotatable bonds is 4. The number of fused-ring (bicyclic) bond motifs is 1. The van der Waals surface area contributed by atoms with E-state index in [1.165, 1.54) is 13.2 Å². The number of benzene rings is 2. The average molecular weight is 377 g/mol. The molecule has 0 aliphatic heterocycles. The van der Waals surface area contributed by atoms with Gasteiger partial charge in [0.2, 0.25) is 0 Å². The summed E-state index contributed by atoms with van der Waals surface area (Å²) in [5.41, 5.74) is 1.25. The first-order valence-electron chi connectivity index (χ1n) is 6.93. The third-order valence-corrected chi connectivity index (χ3v) is 4.10. The van der Waals surface area contributed by atoms with Crippen LogP contribution in [0.25, 0.3) is 10.9 Å². The molecule has 0 fully saturated rings. The second-order valence-corrected chi connectivity index (χ2v) is 5.83. The molecular formula is C17H14BrFN2O2. The highest BCUT2D eigenvalue weighted by atomic mass is 79.9. The topological polar surface area (TPSA) is 54.4 Å². The maximum Gasteiger partial charge on any atom is 0.162 e. The second kappa shape index (κ2) is 6.42. The Morgan fingerprint density at radius 2 is 2.09 bits per heavy atom. The van der Waals surface area contributed by atoms with Crippen LogP contribution in [-0.2, 0) is 6.54 Å². The first-order valence-corrected chi connectivity index (χ1v) is 7.72. The standard InChI is InChI=1S/C17H14BrFN2O2/c1-23-15-4-2-3-11(17(15)22)9-20-16-6-5-10-7-12(18)13(19)8-14(10)21-16/h2-8,22H,9H2,1H3,(H,20,21). The molecule has 23 heavy (non-hydrogen) atoms. The van der Waals surface area contributed by atoms with Gasteiger partial charge in [0.05, 0.1) is 17.1 Å². The quantitative estimate of drug-likeness (QED) is 0.705. The van der Waals surface area contributed by atoms with Gasteiger partial charge in [0.1, 0.15) is 11.6 Å². The normalized spacial score (nSPS) is 10.7. The lowest BCUT2D eigenvalue weighted by molar-refractivity contribution is 0.371. The minimum atomic E-state index is -0.354. The monoisotopic (exact) mass is 376 g/mol. The Kier molecular flexibility index (Phi) is 4.34. The largest absolute Gasteiger partial charge is 0.504 e. The molecule has 0 atom stereocenters. The van der Waals surface area contributed by atoms with Gasteiger partial charge in [0.15, 0.2) is 11.5 Å². The Labute approximate surface area is 141 Å². The van der Waals surface area contributed by atoms with Crippen LogP contribution in [0.5, 0.6) is 11.5 Å². The molecule has 0 aliphatic rings. The van der Waals surface area contributed by atoms with Crippen LogP contribution in [0.15, 0.2) is 46.9 Å². The number of hydrogen-bond acceptors (Lipinski definition) is 4. The van der Waals surface area contributed by atoms with Gasteiger partial charge >= 0.3 is 0 Å². The molecule has 3 aromatic rings. The fourth-order valence-corrected chi connectivity index (χ4v) is 2.64. The Morgan fingerprint density at radius 3 is 2.87 bits per heavy atom. The van der Waals surface area contributed by atoms with Crippen LogP contribution in [0.4, 0.5) is 10.2 Å². The van der Waals surface area contributed by atoms with Gasteiger partial charge in [0.25, 0.3) is 0 Å². The summed E-state index contributed by atoms with van der Waals surface area (Å²) in [7, 11) is 1.50. The molecule has 0 aliphatic carbocycles. The zero-order valence-electron chi connectivity index (χ0n) is 12.3. The molecule has 4 nitrogen and oxygen atoms in total. The summed E-state index contributed by atoms with van der Waals surface area (Å²) in [6.45, 7) is 0.376. The highest BCUT2D eigenvalue weighted by Crippen LogP contribution is 2.30. The molecule has 6 heteroatoms. The molecule has 0 spiro atoms. The Hall–Kier alpha value is -2.34. The van der Waals surface area contributed by atoms with Gasteiger partial charge in [-0.25, -0.2) is 9.37 Å². The smallest absolute Gasteiger partial charge is 0.162 e. The highest BCUT2D eigenvalue weighted by Gasteiger charge is 2.08. The lowest BCUT2D eigenvalue weighted by Gasteiger charge is -2.11. The summed E-state index contributed by atoms with van der Waals surface area (Å²) in [6, 6.07) is 12.0. The Bertz CT molecular complexity index is 871. The maximum atomic E-state index is 13.6. The maximum absolute atomic E-state index is 13.6. The van der Waals surface area contributed by atoms with Crippen LogP contribution >= 0.6 is 15.9 Å². The zero-order valence-corrected chi connectivity index (χ0v) is 13.9. The predicted molar refractivity (Wildman–Crippen MR) is 91.4 cm³/mol. The number of pyridine rings is 1. The van der Waals surface area contributed by atoms with Crippen molar-refractivity contribution in [2.75, 3.05) is 12.4 Å². The number of ether oxygens (including phenoxy) is 1. The van der Waals surface area contributed by atoms with Crippen LogP contribution in [0.2, 0.25) is 0 Å². The van der Waals surface area contributed by atoms with Crippen molar-refractivity contribution in [3.63, 3.8) is 0 Å². The number of phenols is 1. The molecule has 1 aromatic heterocycles. The number of anilines is 1. The van der Waals surface area contributed by atoms with E-state index in [2.05, 4.69) is 26.2 Å². The fraction of sp³-hybridized carbons (Fsp3) is 0.118. The van der Waals surface area contributed by atoms with E-state index in [1.807, 2.05) is 12.1 Å². The molecule has 2 aromatic carbocycles. The van der Waals surface area contributed by atoms with Crippen LogP contribution < -0.4 is 10.1 Å². The molecule has 0 unspecified atom stereocenters. The van der Waals surface area contributed by atoms with Crippen LogP contribution in [0, 0.1) is 5.82 Å². The van der Waals surface area contributed by atoms with Crippen molar-refractivity contribution in [3.8, 4) is 11.5 Å². The predicted octanol–water partition coefficient (Wildman–Crippen LogP) is 4.46. The van der Waals surface area contributed by atoms with Crippen molar-refractivity contribution >= 4 is 32.7 Å². The number of phenolic OH excluding ortho intramolecular Hbond substituents is 1. The van der Waals surface area contributed by atoms with Gasteiger partial charge < -0.3 is 15.2 Å². The minimum absolute atomic E-state index is 0.0956. The summed E-state index contributed by atoms with van der Waals surface area (Å²) in [5, 5.41) is 14.0. The molecule has 0 amide bonds. The van der Waals surface area contributed by atoms with Gasteiger partial charge in [-0.2, -0.15) is 0 Å². The third-order valence-electron chi connectivity index (χ3n) is 3.49. The van der Waals surface area contributed by atoms with E-state index in [1.54, 1.807) is 24.3 Å². The summed E-state index contributed by atoms with van der Waals surface area (Å²) in [5.74, 6) is 0.759. The summed E-state index contributed by atoms with van der Waals surface area (Å²) >= 11 is 3.16. The molecule has 118 valence electrons. The number of hydrogen-bond donors (Lipinski definition) is 2. The van der Waals surface area contributed by atoms with Gasteiger partial charge in [-0.05, 0) is 40.2 Å². The number of aromatic nitrogens is 1. The summed E-state index contributed by atoms with van der Waals surface area (Å²) < 4.78 is 19.1. The molecule has 0 saturated carbocycles. The van der Waals surface area contributed by atoms with Gasteiger partial charge in [-0.3, -0.25) is 0 Å². The van der Waals surface area contributed by atoms with Crippen LogP contribution in [0.1, 0.15) is 5.56 Å². The number of nitrogens with one attached hydrogen (secondary N) is 1. The summed E-state index contributed by atoms with van der Waals surface area (Å²) in [4.78, 5) is 4.38. The molecule has 2 N–H and O–H groups in total. The fourth-order valence-electron chi connectivity index (χ4n) is 2.28. The summed E-state index contributed by atoms with van der Waals surface area (Å²) in [6.07, 6.45) is 0.